The lowest BCUT2D eigenvalue weighted by Crippen LogP contribution is -2.51. The van der Waals surface area contributed by atoms with Gasteiger partial charge in [-0.3, -0.25) is 9.59 Å². The van der Waals surface area contributed by atoms with E-state index in [1.807, 2.05) is 58.5 Å². The van der Waals surface area contributed by atoms with E-state index in [1.54, 1.807) is 0 Å². The van der Waals surface area contributed by atoms with Crippen LogP contribution in [0.2, 0.25) is 0 Å². The van der Waals surface area contributed by atoms with Crippen LogP contribution in [0, 0.1) is 5.92 Å². The number of rotatable bonds is 4. The Bertz CT molecular complexity index is 1190. The fraction of sp³-hybridized carbons (Fsp3) is 0.360. The molecule has 3 aliphatic rings. The molecule has 7 nitrogen and oxygen atoms in total. The predicted molar refractivity (Wildman–Crippen MR) is 119 cm³/mol. The molecule has 7 heteroatoms. The molecule has 2 amide bonds. The molecule has 32 heavy (non-hydrogen) atoms. The van der Waals surface area contributed by atoms with Crippen molar-refractivity contribution < 1.29 is 19.1 Å². The molecule has 2 aliphatic heterocycles. The van der Waals surface area contributed by atoms with Crippen LogP contribution in [0.3, 0.4) is 0 Å². The van der Waals surface area contributed by atoms with Gasteiger partial charge in [0.1, 0.15) is 0 Å². The molecule has 3 heterocycles. The van der Waals surface area contributed by atoms with E-state index in [4.69, 9.17) is 9.47 Å². The summed E-state index contributed by atoms with van der Waals surface area (Å²) in [4.78, 5) is 32.9. The number of fused-ring (bicyclic) bond motifs is 2. The van der Waals surface area contributed by atoms with Gasteiger partial charge in [0.25, 0.3) is 0 Å². The van der Waals surface area contributed by atoms with Gasteiger partial charge in [-0.05, 0) is 41.7 Å². The van der Waals surface area contributed by atoms with E-state index >= 15 is 0 Å². The van der Waals surface area contributed by atoms with Crippen LogP contribution in [0.1, 0.15) is 23.5 Å². The third kappa shape index (κ3) is 3.38. The minimum Gasteiger partial charge on any atom is -0.454 e. The Morgan fingerprint density at radius 1 is 0.969 bits per heavy atom. The second-order valence-electron chi connectivity index (χ2n) is 8.80. The third-order valence-corrected chi connectivity index (χ3v) is 6.89. The lowest BCUT2D eigenvalue weighted by atomic mass is 10.1. The van der Waals surface area contributed by atoms with Crippen LogP contribution in [0.25, 0.3) is 10.9 Å². The number of para-hydroxylation sites is 1. The Morgan fingerprint density at radius 3 is 2.62 bits per heavy atom. The van der Waals surface area contributed by atoms with Gasteiger partial charge in [-0.25, -0.2) is 0 Å². The highest BCUT2D eigenvalue weighted by molar-refractivity contribution is 5.89. The lowest BCUT2D eigenvalue weighted by molar-refractivity contribution is -0.140. The van der Waals surface area contributed by atoms with E-state index in [0.29, 0.717) is 32.6 Å². The van der Waals surface area contributed by atoms with Gasteiger partial charge in [0.05, 0.1) is 6.42 Å². The molecular weight excluding hydrogens is 406 g/mol. The molecule has 164 valence electrons. The highest BCUT2D eigenvalue weighted by Crippen LogP contribution is 2.50. The van der Waals surface area contributed by atoms with Crippen molar-refractivity contribution in [1.82, 2.24) is 14.8 Å². The minimum atomic E-state index is 0.0313. The average molecular weight is 431 g/mol. The van der Waals surface area contributed by atoms with Crippen molar-refractivity contribution in [3.8, 4) is 11.5 Å². The summed E-state index contributed by atoms with van der Waals surface area (Å²) in [6, 6.07) is 14.0. The van der Waals surface area contributed by atoms with Gasteiger partial charge in [-0.15, -0.1) is 0 Å². The first-order valence-corrected chi connectivity index (χ1v) is 11.2. The fourth-order valence-corrected chi connectivity index (χ4v) is 4.94. The summed E-state index contributed by atoms with van der Waals surface area (Å²) in [6.07, 6.45) is 3.18. The first-order valence-electron chi connectivity index (χ1n) is 11.2. The third-order valence-electron chi connectivity index (χ3n) is 6.89. The minimum absolute atomic E-state index is 0.0313. The average Bonchev–Trinajstić information content (AvgIpc) is 3.31. The molecule has 0 radical (unpaired) electrons. The molecule has 2 aromatic carbocycles. The number of H-pyrrole nitrogens is 1. The number of ether oxygens (including phenoxy) is 2. The largest absolute Gasteiger partial charge is 0.454 e. The van der Waals surface area contributed by atoms with Crippen molar-refractivity contribution >= 4 is 22.7 Å². The Labute approximate surface area is 185 Å². The number of carbonyl (C=O) groups is 2. The smallest absolute Gasteiger partial charge is 0.231 e. The van der Waals surface area contributed by atoms with Gasteiger partial charge < -0.3 is 24.3 Å². The SMILES string of the molecule is O=C(Cc1c[nH]c2ccccc12)N1CCN(C(=O)C2CC2c2ccc3c(c2)OCO3)CC1. The first kappa shape index (κ1) is 19.2. The normalized spacial score (nSPS) is 21.8. The number of piperazine rings is 1. The van der Waals surface area contributed by atoms with Gasteiger partial charge in [-0.1, -0.05) is 24.3 Å². The second-order valence-corrected chi connectivity index (χ2v) is 8.80. The number of nitrogens with zero attached hydrogens (tertiary/aromatic N) is 2. The second kappa shape index (κ2) is 7.58. The fourth-order valence-electron chi connectivity index (χ4n) is 4.94. The number of aromatic amines is 1. The van der Waals surface area contributed by atoms with E-state index < -0.39 is 0 Å². The molecule has 2 unspecified atom stereocenters. The Balaban J connectivity index is 1.04. The number of hydrogen-bond donors (Lipinski definition) is 1. The standard InChI is InChI=1S/C25H25N3O4/c29-24(12-17-14-26-21-4-2-1-3-18(17)21)27-7-9-28(10-8-27)25(30)20-13-19(20)16-5-6-22-23(11-16)32-15-31-22/h1-6,11,14,19-20,26H,7-10,12-13,15H2. The Kier molecular flexibility index (Phi) is 4.56. The van der Waals surface area contributed by atoms with Gasteiger partial charge >= 0.3 is 0 Å². The Morgan fingerprint density at radius 2 is 1.75 bits per heavy atom. The summed E-state index contributed by atoms with van der Waals surface area (Å²) >= 11 is 0. The number of carbonyl (C=O) groups excluding carboxylic acids is 2. The number of amides is 2. The molecule has 6 rings (SSSR count). The van der Waals surface area contributed by atoms with E-state index in [1.165, 1.54) is 0 Å². The zero-order chi connectivity index (χ0) is 21.7. The van der Waals surface area contributed by atoms with E-state index in [0.717, 1.165) is 39.9 Å². The molecule has 1 aromatic heterocycles. The maximum absolute atomic E-state index is 13.0. The van der Waals surface area contributed by atoms with Crippen LogP contribution in [-0.4, -0.2) is 59.6 Å². The van der Waals surface area contributed by atoms with Crippen molar-refractivity contribution in [3.63, 3.8) is 0 Å². The van der Waals surface area contributed by atoms with Crippen molar-refractivity contribution in [1.29, 1.82) is 0 Å². The molecule has 0 spiro atoms. The van der Waals surface area contributed by atoms with Crippen LogP contribution >= 0.6 is 0 Å². The van der Waals surface area contributed by atoms with Gasteiger partial charge in [0.15, 0.2) is 11.5 Å². The Hall–Kier alpha value is -3.48. The number of aromatic nitrogens is 1. The summed E-state index contributed by atoms with van der Waals surface area (Å²) in [5.74, 6) is 2.14. The van der Waals surface area contributed by atoms with E-state index in [2.05, 4.69) is 4.98 Å². The van der Waals surface area contributed by atoms with Crippen LogP contribution in [0.15, 0.2) is 48.7 Å². The van der Waals surface area contributed by atoms with Crippen LogP contribution < -0.4 is 9.47 Å². The van der Waals surface area contributed by atoms with Crippen molar-refractivity contribution in [2.75, 3.05) is 33.0 Å². The topological polar surface area (TPSA) is 74.9 Å². The van der Waals surface area contributed by atoms with Gasteiger partial charge in [-0.2, -0.15) is 0 Å². The molecule has 2 atom stereocenters. The van der Waals surface area contributed by atoms with Gasteiger partial charge in [0.2, 0.25) is 18.6 Å². The number of benzene rings is 2. The highest BCUT2D eigenvalue weighted by Gasteiger charge is 2.46. The predicted octanol–water partition coefficient (Wildman–Crippen LogP) is 2.91. The summed E-state index contributed by atoms with van der Waals surface area (Å²) < 4.78 is 10.8. The quantitative estimate of drug-likeness (QED) is 0.689. The maximum Gasteiger partial charge on any atom is 0.231 e. The molecular formula is C25H25N3O4. The van der Waals surface area contributed by atoms with Crippen molar-refractivity contribution in [2.45, 2.75) is 18.8 Å². The van der Waals surface area contributed by atoms with Crippen molar-refractivity contribution in [2.24, 2.45) is 5.92 Å². The van der Waals surface area contributed by atoms with Crippen molar-refractivity contribution in [3.05, 3.63) is 59.8 Å². The van der Waals surface area contributed by atoms with E-state index in [-0.39, 0.29) is 30.4 Å². The molecule has 0 bridgehead atoms. The van der Waals surface area contributed by atoms with E-state index in [9.17, 15) is 9.59 Å². The molecule has 1 saturated heterocycles. The molecule has 1 aliphatic carbocycles. The van der Waals surface area contributed by atoms with Gasteiger partial charge in [0, 0.05) is 49.2 Å². The molecule has 1 saturated carbocycles. The summed E-state index contributed by atoms with van der Waals surface area (Å²) in [6.45, 7) is 2.64. The summed E-state index contributed by atoms with van der Waals surface area (Å²) in [5, 5.41) is 1.10. The monoisotopic (exact) mass is 431 g/mol. The molecule has 3 aromatic rings. The zero-order valence-corrected chi connectivity index (χ0v) is 17.8. The van der Waals surface area contributed by atoms with Crippen LogP contribution in [0.5, 0.6) is 11.5 Å². The molecule has 1 N–H and O–H groups in total. The highest BCUT2D eigenvalue weighted by atomic mass is 16.7. The summed E-state index contributed by atoms with van der Waals surface area (Å²) in [5.41, 5.74) is 3.21. The van der Waals surface area contributed by atoms with Crippen LogP contribution in [0.4, 0.5) is 0 Å². The lowest BCUT2D eigenvalue weighted by Gasteiger charge is -2.35. The zero-order valence-electron chi connectivity index (χ0n) is 17.8. The first-order chi connectivity index (χ1) is 15.7. The number of nitrogens with one attached hydrogen (secondary N) is 1. The molecule has 2 fully saturated rings. The van der Waals surface area contributed by atoms with Crippen LogP contribution in [-0.2, 0) is 16.0 Å². The maximum atomic E-state index is 13.0. The number of hydrogen-bond acceptors (Lipinski definition) is 4. The summed E-state index contributed by atoms with van der Waals surface area (Å²) in [7, 11) is 0.